The van der Waals surface area contributed by atoms with Crippen LogP contribution in [-0.4, -0.2) is 98.7 Å². The molecule has 0 atom stereocenters. The number of rotatable bonds is 2. The number of carbonyl (C=O) groups is 4. The lowest BCUT2D eigenvalue weighted by Crippen LogP contribution is -2.28. The molecule has 0 aromatic heterocycles. The maximum atomic E-state index is 11.3. The Morgan fingerprint density at radius 1 is 0.714 bits per heavy atom. The number of nitrogens with zero attached hydrogens (tertiary/aromatic N) is 4. The summed E-state index contributed by atoms with van der Waals surface area (Å²) in [7, 11) is 9.18. The number of hydrogen-bond donors (Lipinski definition) is 2. The lowest BCUT2D eigenvalue weighted by atomic mass is 10.6. The summed E-state index contributed by atoms with van der Waals surface area (Å²) >= 11 is 2.23. The highest BCUT2D eigenvalue weighted by Crippen LogP contribution is 2.02. The Morgan fingerprint density at radius 2 is 1.00 bits per heavy atom. The molecule has 0 spiro atoms. The third kappa shape index (κ3) is 12.0. The summed E-state index contributed by atoms with van der Waals surface area (Å²) in [6.45, 7) is 0. The number of nitrogens with one attached hydrogen (secondary N) is 2. The number of oxime groups is 2. The second-order valence-corrected chi connectivity index (χ2v) is 6.45. The first kappa shape index (κ1) is 27.7. The first-order valence-electron chi connectivity index (χ1n) is 7.50. The zero-order chi connectivity index (χ0) is 22.3. The molecule has 0 radical (unpaired) electrons. The standard InChI is InChI=1S/2C7H13N3O3S/c2*1-8-7(12)13-9-5(14-4)6(11)10(2)3/h2*1-4H3,(H,8,12). The molecule has 0 aliphatic rings. The van der Waals surface area contributed by atoms with Crippen molar-refractivity contribution in [3.05, 3.63) is 0 Å². The van der Waals surface area contributed by atoms with Crippen molar-refractivity contribution in [1.29, 1.82) is 0 Å². The minimum absolute atomic E-state index is 0.124. The van der Waals surface area contributed by atoms with Gasteiger partial charge in [0.25, 0.3) is 11.8 Å². The topological polar surface area (TPSA) is 142 Å². The van der Waals surface area contributed by atoms with E-state index in [1.807, 2.05) is 0 Å². The van der Waals surface area contributed by atoms with E-state index < -0.39 is 12.2 Å². The molecule has 160 valence electrons. The van der Waals surface area contributed by atoms with Crippen molar-refractivity contribution < 1.29 is 28.9 Å². The van der Waals surface area contributed by atoms with Gasteiger partial charge >= 0.3 is 12.2 Å². The van der Waals surface area contributed by atoms with Crippen molar-refractivity contribution in [3.8, 4) is 0 Å². The van der Waals surface area contributed by atoms with Crippen molar-refractivity contribution >= 4 is 57.6 Å². The first-order chi connectivity index (χ1) is 13.0. The number of amides is 4. The summed E-state index contributed by atoms with van der Waals surface area (Å²) in [5.41, 5.74) is 0. The van der Waals surface area contributed by atoms with Gasteiger partial charge in [-0.25, -0.2) is 9.59 Å². The molecule has 12 nitrogen and oxygen atoms in total. The second kappa shape index (κ2) is 15.6. The lowest BCUT2D eigenvalue weighted by molar-refractivity contribution is -0.122. The van der Waals surface area contributed by atoms with E-state index in [4.69, 9.17) is 0 Å². The number of thioether (sulfide) groups is 2. The Labute approximate surface area is 172 Å². The van der Waals surface area contributed by atoms with Crippen molar-refractivity contribution in [2.45, 2.75) is 0 Å². The van der Waals surface area contributed by atoms with Crippen molar-refractivity contribution in [2.24, 2.45) is 10.3 Å². The van der Waals surface area contributed by atoms with E-state index in [1.165, 1.54) is 23.9 Å². The minimum atomic E-state index is -0.705. The Kier molecular flexibility index (Phi) is 15.4. The molecule has 14 heteroatoms. The van der Waals surface area contributed by atoms with E-state index >= 15 is 0 Å². The van der Waals surface area contributed by atoms with E-state index in [1.54, 1.807) is 40.7 Å². The van der Waals surface area contributed by atoms with E-state index in [-0.39, 0.29) is 21.9 Å². The van der Waals surface area contributed by atoms with Crippen LogP contribution in [0.25, 0.3) is 0 Å². The molecule has 0 saturated carbocycles. The highest BCUT2D eigenvalue weighted by atomic mass is 32.2. The molecular weight excluding hydrogens is 412 g/mol. The van der Waals surface area contributed by atoms with Crippen molar-refractivity contribution in [1.82, 2.24) is 20.4 Å². The van der Waals surface area contributed by atoms with Crippen molar-refractivity contribution in [3.63, 3.8) is 0 Å². The van der Waals surface area contributed by atoms with Crippen LogP contribution in [0.15, 0.2) is 10.3 Å². The van der Waals surface area contributed by atoms with Gasteiger partial charge in [0, 0.05) is 42.3 Å². The summed E-state index contributed by atoms with van der Waals surface area (Å²) < 4.78 is 0. The molecule has 0 aliphatic heterocycles. The van der Waals surface area contributed by atoms with Gasteiger partial charge < -0.3 is 20.4 Å². The Balaban J connectivity index is 0. The van der Waals surface area contributed by atoms with Gasteiger partial charge in [-0.1, -0.05) is 10.3 Å². The highest BCUT2D eigenvalue weighted by Gasteiger charge is 2.14. The molecule has 0 aromatic carbocycles. The van der Waals surface area contributed by atoms with Gasteiger partial charge in [-0.15, -0.1) is 23.5 Å². The Hall–Kier alpha value is -2.48. The predicted molar refractivity (Wildman–Crippen MR) is 110 cm³/mol. The molecule has 0 fully saturated rings. The van der Waals surface area contributed by atoms with Crippen LogP contribution in [-0.2, 0) is 19.3 Å². The monoisotopic (exact) mass is 438 g/mol. The van der Waals surface area contributed by atoms with Crippen LogP contribution in [0.1, 0.15) is 0 Å². The van der Waals surface area contributed by atoms with Crippen LogP contribution in [0, 0.1) is 0 Å². The fourth-order valence-electron chi connectivity index (χ4n) is 0.967. The fraction of sp³-hybridized carbons (Fsp3) is 0.571. The van der Waals surface area contributed by atoms with Crippen LogP contribution in [0.3, 0.4) is 0 Å². The normalized spacial score (nSPS) is 10.7. The molecular formula is C14H26N6O6S2. The molecule has 0 saturated heterocycles. The van der Waals surface area contributed by atoms with Gasteiger partial charge in [0.15, 0.2) is 0 Å². The van der Waals surface area contributed by atoms with Gasteiger partial charge in [-0.3, -0.25) is 19.3 Å². The highest BCUT2D eigenvalue weighted by molar-refractivity contribution is 8.15. The van der Waals surface area contributed by atoms with E-state index in [0.29, 0.717) is 0 Å². The average Bonchev–Trinajstić information content (AvgIpc) is 2.68. The van der Waals surface area contributed by atoms with Gasteiger partial charge in [-0.05, 0) is 12.5 Å². The van der Waals surface area contributed by atoms with Crippen LogP contribution in [0.2, 0.25) is 0 Å². The molecule has 0 heterocycles. The average molecular weight is 439 g/mol. The summed E-state index contributed by atoms with van der Waals surface area (Å²) in [6, 6.07) is 0. The lowest BCUT2D eigenvalue weighted by Gasteiger charge is -2.09. The van der Waals surface area contributed by atoms with E-state index in [2.05, 4.69) is 30.6 Å². The molecule has 0 bridgehead atoms. The number of hydrogen-bond acceptors (Lipinski definition) is 10. The second-order valence-electron chi connectivity index (χ2n) is 4.86. The van der Waals surface area contributed by atoms with E-state index in [0.717, 1.165) is 23.5 Å². The smallest absolute Gasteiger partial charge is 0.343 e. The van der Waals surface area contributed by atoms with Gasteiger partial charge in [-0.2, -0.15) is 0 Å². The predicted octanol–water partition coefficient (Wildman–Crippen LogP) is 0.214. The largest absolute Gasteiger partial charge is 0.433 e. The third-order valence-corrected chi connectivity index (χ3v) is 3.67. The van der Waals surface area contributed by atoms with Gasteiger partial charge in [0.05, 0.1) is 0 Å². The molecule has 4 amide bonds. The minimum Gasteiger partial charge on any atom is -0.343 e. The first-order valence-corrected chi connectivity index (χ1v) is 9.95. The Bertz CT molecular complexity index is 557. The molecule has 0 rings (SSSR count). The van der Waals surface area contributed by atoms with Crippen LogP contribution < -0.4 is 10.6 Å². The van der Waals surface area contributed by atoms with Gasteiger partial charge in [0.2, 0.25) is 10.1 Å². The molecule has 28 heavy (non-hydrogen) atoms. The maximum absolute atomic E-state index is 11.3. The van der Waals surface area contributed by atoms with Crippen molar-refractivity contribution in [2.75, 3.05) is 54.8 Å². The third-order valence-electron chi connectivity index (χ3n) is 2.40. The Morgan fingerprint density at radius 3 is 1.18 bits per heavy atom. The molecule has 0 aliphatic carbocycles. The quantitative estimate of drug-likeness (QED) is 0.270. The summed E-state index contributed by atoms with van der Waals surface area (Å²) in [5.74, 6) is -0.609. The molecule has 0 aromatic rings. The van der Waals surface area contributed by atoms with Crippen LogP contribution in [0.4, 0.5) is 9.59 Å². The SMILES string of the molecule is CNC(=O)ON=C(SC)C(=O)N(C)C.CNC(=O)ON=C(SC)C(=O)N(C)C. The zero-order valence-corrected chi connectivity index (χ0v) is 18.7. The number of carbonyl (C=O) groups excluding carboxylic acids is 4. The fourth-order valence-corrected chi connectivity index (χ4v) is 1.90. The molecule has 2 N–H and O–H groups in total. The maximum Gasteiger partial charge on any atom is 0.433 e. The molecule has 0 unspecified atom stereocenters. The van der Waals surface area contributed by atoms with Crippen LogP contribution in [0.5, 0.6) is 0 Å². The summed E-state index contributed by atoms with van der Waals surface area (Å²) in [4.78, 5) is 55.4. The van der Waals surface area contributed by atoms with Crippen LogP contribution >= 0.6 is 23.5 Å². The summed E-state index contributed by atoms with van der Waals surface area (Å²) in [5, 5.41) is 11.5. The zero-order valence-electron chi connectivity index (χ0n) is 17.1. The van der Waals surface area contributed by atoms with Gasteiger partial charge in [0.1, 0.15) is 0 Å². The summed E-state index contributed by atoms with van der Waals surface area (Å²) in [6.07, 6.45) is 1.94. The van der Waals surface area contributed by atoms with E-state index in [9.17, 15) is 19.2 Å².